The van der Waals surface area contributed by atoms with Crippen LogP contribution in [0.3, 0.4) is 0 Å². The van der Waals surface area contributed by atoms with Crippen molar-refractivity contribution >= 4 is 0 Å². The quantitative estimate of drug-likeness (QED) is 0.850. The van der Waals surface area contributed by atoms with Crippen molar-refractivity contribution in [1.82, 2.24) is 14.7 Å². The minimum absolute atomic E-state index is 0.118. The minimum Gasteiger partial charge on any atom is -0.390 e. The summed E-state index contributed by atoms with van der Waals surface area (Å²) in [4.78, 5) is 2.31. The first kappa shape index (κ1) is 14.0. The second kappa shape index (κ2) is 6.67. The monoisotopic (exact) mass is 281 g/mol. The van der Waals surface area contributed by atoms with Crippen molar-refractivity contribution in [2.45, 2.75) is 44.2 Å². The van der Waals surface area contributed by atoms with E-state index in [2.05, 4.69) is 10.00 Å². The van der Waals surface area contributed by atoms with E-state index in [0.29, 0.717) is 26.3 Å². The third-order valence-corrected chi connectivity index (χ3v) is 4.03. The van der Waals surface area contributed by atoms with E-state index < -0.39 is 6.10 Å². The minimum atomic E-state index is -0.420. The molecule has 1 aromatic heterocycles. The molecule has 0 aliphatic carbocycles. The Kier molecular flexibility index (Phi) is 4.67. The number of piperidine rings is 1. The predicted octanol–water partition coefficient (Wildman–Crippen LogP) is 0.471. The Morgan fingerprint density at radius 2 is 2.10 bits per heavy atom. The van der Waals surface area contributed by atoms with Gasteiger partial charge in [-0.15, -0.1) is 0 Å². The predicted molar refractivity (Wildman–Crippen MR) is 73.1 cm³/mol. The van der Waals surface area contributed by atoms with Crippen molar-refractivity contribution < 1.29 is 14.6 Å². The lowest BCUT2D eigenvalue weighted by Gasteiger charge is -2.38. The fourth-order valence-electron chi connectivity index (χ4n) is 3.10. The molecule has 0 amide bonds. The molecule has 1 aromatic rings. The Bertz CT molecular complexity index is 392. The lowest BCUT2D eigenvalue weighted by atomic mass is 10.0. The number of β-amino-alcohol motifs (C(OH)–C–C–N with tert-alkyl or cyclic N) is 1. The van der Waals surface area contributed by atoms with Gasteiger partial charge in [-0.3, -0.25) is 9.58 Å². The Labute approximate surface area is 119 Å². The van der Waals surface area contributed by atoms with E-state index in [-0.39, 0.29) is 12.3 Å². The number of aliphatic hydroxyl groups is 1. The molecule has 112 valence electrons. The largest absolute Gasteiger partial charge is 0.390 e. The molecule has 20 heavy (non-hydrogen) atoms. The molecule has 0 bridgehead atoms. The first-order valence-electron chi connectivity index (χ1n) is 7.45. The highest BCUT2D eigenvalue weighted by atomic mass is 16.7. The third-order valence-electron chi connectivity index (χ3n) is 4.03. The van der Waals surface area contributed by atoms with Gasteiger partial charge < -0.3 is 14.6 Å². The molecule has 0 aromatic carbocycles. The highest BCUT2D eigenvalue weighted by Crippen LogP contribution is 2.24. The summed E-state index contributed by atoms with van der Waals surface area (Å²) < 4.78 is 13.1. The highest BCUT2D eigenvalue weighted by Gasteiger charge is 2.34. The van der Waals surface area contributed by atoms with Gasteiger partial charge in [0.1, 0.15) is 0 Å². The number of aromatic nitrogens is 2. The molecule has 2 aliphatic heterocycles. The average Bonchev–Trinajstić information content (AvgIpc) is 3.11. The molecule has 0 spiro atoms. The smallest absolute Gasteiger partial charge is 0.173 e. The first-order valence-corrected chi connectivity index (χ1v) is 7.45. The normalized spacial score (nSPS) is 26.9. The van der Waals surface area contributed by atoms with Gasteiger partial charge in [0.25, 0.3) is 0 Å². The first-order chi connectivity index (χ1) is 9.83. The Morgan fingerprint density at radius 3 is 2.85 bits per heavy atom. The molecule has 2 unspecified atom stereocenters. The van der Waals surface area contributed by atoms with E-state index in [4.69, 9.17) is 9.47 Å². The Morgan fingerprint density at radius 1 is 1.25 bits per heavy atom. The van der Waals surface area contributed by atoms with Crippen LogP contribution in [0.5, 0.6) is 0 Å². The maximum Gasteiger partial charge on any atom is 0.173 e. The van der Waals surface area contributed by atoms with Gasteiger partial charge >= 0.3 is 0 Å². The van der Waals surface area contributed by atoms with Crippen LogP contribution < -0.4 is 0 Å². The molecule has 6 nitrogen and oxygen atoms in total. The van der Waals surface area contributed by atoms with Crippen LogP contribution in [0.1, 0.15) is 19.3 Å². The van der Waals surface area contributed by atoms with Gasteiger partial charge in [-0.2, -0.15) is 5.10 Å². The van der Waals surface area contributed by atoms with E-state index >= 15 is 0 Å². The summed E-state index contributed by atoms with van der Waals surface area (Å²) in [6, 6.07) is 2.15. The summed E-state index contributed by atoms with van der Waals surface area (Å²) in [5, 5.41) is 14.4. The number of hydrogen-bond acceptors (Lipinski definition) is 5. The van der Waals surface area contributed by atoms with E-state index in [9.17, 15) is 5.11 Å². The zero-order chi connectivity index (χ0) is 13.8. The summed E-state index contributed by atoms with van der Waals surface area (Å²) in [7, 11) is 0. The van der Waals surface area contributed by atoms with Crippen molar-refractivity contribution in [2.24, 2.45) is 0 Å². The topological polar surface area (TPSA) is 59.8 Å². The SMILES string of the molecule is OC(CN1CCCCC1C1OCCO1)Cn1cccn1. The van der Waals surface area contributed by atoms with Crippen LogP contribution in [-0.2, 0) is 16.0 Å². The summed E-state index contributed by atoms with van der Waals surface area (Å²) in [5.41, 5.74) is 0. The van der Waals surface area contributed by atoms with Crippen LogP contribution >= 0.6 is 0 Å². The van der Waals surface area contributed by atoms with Crippen molar-refractivity contribution in [3.63, 3.8) is 0 Å². The summed E-state index contributed by atoms with van der Waals surface area (Å²) >= 11 is 0. The molecule has 2 atom stereocenters. The van der Waals surface area contributed by atoms with Gasteiger partial charge in [0.05, 0.1) is 31.9 Å². The molecule has 0 saturated carbocycles. The summed E-state index contributed by atoms with van der Waals surface area (Å²) in [6.07, 6.45) is 6.54. The number of nitrogens with zero attached hydrogens (tertiary/aromatic N) is 3. The number of aliphatic hydroxyl groups excluding tert-OH is 1. The van der Waals surface area contributed by atoms with E-state index in [0.717, 1.165) is 13.0 Å². The molecule has 2 fully saturated rings. The van der Waals surface area contributed by atoms with E-state index in [1.807, 2.05) is 12.3 Å². The average molecular weight is 281 g/mol. The van der Waals surface area contributed by atoms with Gasteiger partial charge in [-0.1, -0.05) is 6.42 Å². The van der Waals surface area contributed by atoms with Crippen molar-refractivity contribution in [3.05, 3.63) is 18.5 Å². The maximum atomic E-state index is 10.2. The molecule has 3 rings (SSSR count). The van der Waals surface area contributed by atoms with Crippen LogP contribution in [0, 0.1) is 0 Å². The number of ether oxygens (including phenoxy) is 2. The molecule has 2 aliphatic rings. The van der Waals surface area contributed by atoms with Gasteiger partial charge in [0.2, 0.25) is 0 Å². The highest BCUT2D eigenvalue weighted by molar-refractivity contribution is 4.84. The summed E-state index contributed by atoms with van der Waals surface area (Å²) in [6.45, 7) is 3.55. The molecule has 6 heteroatoms. The fourth-order valence-corrected chi connectivity index (χ4v) is 3.10. The van der Waals surface area contributed by atoms with E-state index in [1.54, 1.807) is 10.9 Å². The third kappa shape index (κ3) is 3.38. The Balaban J connectivity index is 1.55. The summed E-state index contributed by atoms with van der Waals surface area (Å²) in [5.74, 6) is 0. The van der Waals surface area contributed by atoms with Crippen molar-refractivity contribution in [3.8, 4) is 0 Å². The molecular weight excluding hydrogens is 258 g/mol. The molecular formula is C14H23N3O3. The van der Waals surface area contributed by atoms with Crippen LogP contribution in [0.15, 0.2) is 18.5 Å². The number of rotatable bonds is 5. The fraction of sp³-hybridized carbons (Fsp3) is 0.786. The zero-order valence-electron chi connectivity index (χ0n) is 11.7. The number of likely N-dealkylation sites (tertiary alicyclic amines) is 1. The second-order valence-corrected chi connectivity index (χ2v) is 5.55. The van der Waals surface area contributed by atoms with Gasteiger partial charge in [0.15, 0.2) is 6.29 Å². The van der Waals surface area contributed by atoms with Gasteiger partial charge in [-0.05, 0) is 25.5 Å². The maximum absolute atomic E-state index is 10.2. The Hall–Kier alpha value is -0.950. The van der Waals surface area contributed by atoms with Crippen LogP contribution in [0.25, 0.3) is 0 Å². The lowest BCUT2D eigenvalue weighted by molar-refractivity contribution is -0.115. The van der Waals surface area contributed by atoms with Crippen molar-refractivity contribution in [1.29, 1.82) is 0 Å². The van der Waals surface area contributed by atoms with Gasteiger partial charge in [-0.25, -0.2) is 0 Å². The number of hydrogen-bond donors (Lipinski definition) is 1. The molecule has 0 radical (unpaired) electrons. The molecule has 1 N–H and O–H groups in total. The van der Waals surface area contributed by atoms with Crippen LogP contribution in [0.2, 0.25) is 0 Å². The van der Waals surface area contributed by atoms with E-state index in [1.165, 1.54) is 12.8 Å². The lowest BCUT2D eigenvalue weighted by Crippen LogP contribution is -2.50. The molecule has 3 heterocycles. The van der Waals surface area contributed by atoms with Crippen LogP contribution in [0.4, 0.5) is 0 Å². The second-order valence-electron chi connectivity index (χ2n) is 5.55. The zero-order valence-corrected chi connectivity index (χ0v) is 11.7. The van der Waals surface area contributed by atoms with Gasteiger partial charge in [0, 0.05) is 18.9 Å². The van der Waals surface area contributed by atoms with Crippen molar-refractivity contribution in [2.75, 3.05) is 26.3 Å². The molecule has 2 saturated heterocycles. The standard InChI is InChI=1S/C14H23N3O3/c18-12(11-17-7-3-5-15-17)10-16-6-2-1-4-13(16)14-19-8-9-20-14/h3,5,7,12-14,18H,1-2,4,6,8-11H2. The van der Waals surface area contributed by atoms with Crippen LogP contribution in [-0.4, -0.2) is 64.5 Å².